The van der Waals surface area contributed by atoms with E-state index in [4.69, 9.17) is 9.47 Å². The minimum atomic E-state index is -2.49. The van der Waals surface area contributed by atoms with Crippen LogP contribution in [0, 0.1) is 11.8 Å². The van der Waals surface area contributed by atoms with Crippen LogP contribution in [-0.2, 0) is 11.3 Å². The maximum absolute atomic E-state index is 12.1. The maximum Gasteiger partial charge on any atom is 0.335 e. The molecule has 0 aliphatic heterocycles. The van der Waals surface area contributed by atoms with E-state index in [2.05, 4.69) is 30.7 Å². The Morgan fingerprint density at radius 2 is 1.91 bits per heavy atom. The van der Waals surface area contributed by atoms with Crippen LogP contribution in [0.1, 0.15) is 46.3 Å². The molecule has 0 aliphatic carbocycles. The molecule has 0 bridgehead atoms. The summed E-state index contributed by atoms with van der Waals surface area (Å²) in [6.07, 6.45) is 0. The number of hydrogen-bond acceptors (Lipinski definition) is 6. The van der Waals surface area contributed by atoms with Crippen molar-refractivity contribution < 1.29 is 28.1 Å². The van der Waals surface area contributed by atoms with Crippen LogP contribution >= 0.6 is 11.3 Å². The van der Waals surface area contributed by atoms with E-state index in [1.165, 1.54) is 36.6 Å². The number of methoxy groups -OCH3 is 2. The van der Waals surface area contributed by atoms with Crippen molar-refractivity contribution in [3.05, 3.63) is 63.5 Å². The molecule has 2 aromatic carbocycles. The van der Waals surface area contributed by atoms with E-state index in [9.17, 15) is 18.7 Å². The largest absolute Gasteiger partial charge is 0.497 e. The molecule has 1 atom stereocenters. The number of carboxylic acid groups (broad SMARTS) is 1. The van der Waals surface area contributed by atoms with E-state index >= 15 is 0 Å². The first kappa shape index (κ1) is 24.3. The summed E-state index contributed by atoms with van der Waals surface area (Å²) in [6.45, 7) is 4.14. The van der Waals surface area contributed by atoms with E-state index in [1.807, 2.05) is 18.2 Å². The first-order valence-corrected chi connectivity index (χ1v) is 11.7. The topological polar surface area (TPSA) is 109 Å². The molecule has 33 heavy (non-hydrogen) atoms. The van der Waals surface area contributed by atoms with Gasteiger partial charge in [0.1, 0.15) is 17.2 Å². The molecule has 0 radical (unpaired) electrons. The van der Waals surface area contributed by atoms with Gasteiger partial charge in [-0.3, -0.25) is 4.55 Å². The Bertz CT molecular complexity index is 1260. The molecule has 10 heteroatoms. The summed E-state index contributed by atoms with van der Waals surface area (Å²) in [5, 5.41) is 11.2. The van der Waals surface area contributed by atoms with Crippen molar-refractivity contribution in [2.24, 2.45) is 0 Å². The van der Waals surface area contributed by atoms with Gasteiger partial charge in [-0.05, 0) is 53.8 Å². The Morgan fingerprint density at radius 3 is 2.52 bits per heavy atom. The molecule has 0 saturated heterocycles. The molecule has 1 unspecified atom stereocenters. The van der Waals surface area contributed by atoms with Gasteiger partial charge in [-0.25, -0.2) is 18.3 Å². The van der Waals surface area contributed by atoms with Gasteiger partial charge in [-0.1, -0.05) is 19.8 Å². The van der Waals surface area contributed by atoms with Crippen molar-refractivity contribution >= 4 is 40.1 Å². The third kappa shape index (κ3) is 5.51. The quantitative estimate of drug-likeness (QED) is 0.369. The van der Waals surface area contributed by atoms with Crippen molar-refractivity contribution in [1.82, 2.24) is 4.98 Å². The fourth-order valence-electron chi connectivity index (χ4n) is 3.06. The molecule has 0 aliphatic rings. The Hall–Kier alpha value is -3.39. The van der Waals surface area contributed by atoms with Crippen molar-refractivity contribution in [3.63, 3.8) is 0 Å². The van der Waals surface area contributed by atoms with Crippen molar-refractivity contribution in [2.45, 2.75) is 19.8 Å². The zero-order chi connectivity index (χ0) is 24.1. The number of thiazole rings is 1. The second-order valence-electron chi connectivity index (χ2n) is 7.09. The standard InChI is InChI=1S/C23H22N2O6S2/c1-14(2)18-12-17(30-3)8-5-15(18)7-10-22-24-21(13-32-22)25(33(28)29)19-9-6-16(23(26)27)11-20(19)31-4/h5-6,8-9,11-14H,1-4H3,(H,26,27)(H,28,29). The Labute approximate surface area is 198 Å². The van der Waals surface area contributed by atoms with Crippen LogP contribution in [0.25, 0.3) is 0 Å². The van der Waals surface area contributed by atoms with E-state index < -0.39 is 17.2 Å². The van der Waals surface area contributed by atoms with Crippen LogP contribution in [0.5, 0.6) is 11.5 Å². The van der Waals surface area contributed by atoms with Gasteiger partial charge in [0.05, 0.1) is 19.8 Å². The number of aromatic carboxylic acids is 1. The predicted molar refractivity (Wildman–Crippen MR) is 128 cm³/mol. The first-order valence-electron chi connectivity index (χ1n) is 9.73. The van der Waals surface area contributed by atoms with Crippen LogP contribution in [0.15, 0.2) is 41.8 Å². The number of benzene rings is 2. The highest BCUT2D eigenvalue weighted by Gasteiger charge is 2.23. The number of nitrogens with zero attached hydrogens (tertiary/aromatic N) is 2. The third-order valence-corrected chi connectivity index (χ3v) is 6.13. The molecule has 172 valence electrons. The molecule has 0 saturated carbocycles. The monoisotopic (exact) mass is 486 g/mol. The van der Waals surface area contributed by atoms with Gasteiger partial charge in [-0.2, -0.15) is 0 Å². The minimum absolute atomic E-state index is 0.00967. The molecule has 3 aromatic rings. The fraction of sp³-hybridized carbons (Fsp3) is 0.217. The summed E-state index contributed by atoms with van der Waals surface area (Å²) in [5.74, 6) is 6.30. The number of carbonyl (C=O) groups is 1. The predicted octanol–water partition coefficient (Wildman–Crippen LogP) is 4.66. The van der Waals surface area contributed by atoms with E-state index in [0.717, 1.165) is 21.2 Å². The fourth-order valence-corrected chi connectivity index (χ4v) is 4.33. The molecular weight excluding hydrogens is 464 g/mol. The van der Waals surface area contributed by atoms with Gasteiger partial charge in [0.2, 0.25) is 0 Å². The molecule has 2 N–H and O–H groups in total. The lowest BCUT2D eigenvalue weighted by Crippen LogP contribution is -2.20. The summed E-state index contributed by atoms with van der Waals surface area (Å²) < 4.78 is 33.6. The highest BCUT2D eigenvalue weighted by Crippen LogP contribution is 2.36. The van der Waals surface area contributed by atoms with Crippen LogP contribution in [0.3, 0.4) is 0 Å². The average Bonchev–Trinajstić information content (AvgIpc) is 3.25. The highest BCUT2D eigenvalue weighted by molar-refractivity contribution is 7.81. The number of aromatic nitrogens is 1. The zero-order valence-electron chi connectivity index (χ0n) is 18.4. The van der Waals surface area contributed by atoms with Gasteiger partial charge in [-0.15, -0.1) is 11.3 Å². The van der Waals surface area contributed by atoms with Gasteiger partial charge < -0.3 is 14.6 Å². The summed E-state index contributed by atoms with van der Waals surface area (Å²) in [5.41, 5.74) is 2.07. The van der Waals surface area contributed by atoms with E-state index in [1.54, 1.807) is 12.5 Å². The smallest absolute Gasteiger partial charge is 0.335 e. The molecule has 3 rings (SSSR count). The average molecular weight is 487 g/mol. The van der Waals surface area contributed by atoms with Crippen molar-refractivity contribution in [1.29, 1.82) is 0 Å². The third-order valence-electron chi connectivity index (χ3n) is 4.69. The lowest BCUT2D eigenvalue weighted by Gasteiger charge is -2.20. The molecule has 0 amide bonds. The first-order chi connectivity index (χ1) is 15.7. The second kappa shape index (κ2) is 10.5. The zero-order valence-corrected chi connectivity index (χ0v) is 20.0. The van der Waals surface area contributed by atoms with Crippen molar-refractivity contribution in [2.75, 3.05) is 18.5 Å². The van der Waals surface area contributed by atoms with Gasteiger partial charge in [0, 0.05) is 10.9 Å². The van der Waals surface area contributed by atoms with Crippen molar-refractivity contribution in [3.8, 4) is 23.3 Å². The summed E-state index contributed by atoms with van der Waals surface area (Å²) >= 11 is -1.27. The molecule has 8 nitrogen and oxygen atoms in total. The highest BCUT2D eigenvalue weighted by atomic mass is 32.2. The molecule has 0 fully saturated rings. The van der Waals surface area contributed by atoms with Crippen LogP contribution < -0.4 is 13.8 Å². The maximum atomic E-state index is 12.1. The normalized spacial score (nSPS) is 11.5. The van der Waals surface area contributed by atoms with Gasteiger partial charge in [0.25, 0.3) is 11.3 Å². The van der Waals surface area contributed by atoms with Crippen LogP contribution in [-0.4, -0.2) is 39.0 Å². The minimum Gasteiger partial charge on any atom is -0.497 e. The SMILES string of the molecule is COc1ccc(C#Cc2nc(N(c3ccc(C(=O)O)cc3OC)S(=O)O)cs2)c(C(C)C)c1. The van der Waals surface area contributed by atoms with Gasteiger partial charge in [0.15, 0.2) is 10.8 Å². The number of ether oxygens (including phenoxy) is 2. The Morgan fingerprint density at radius 1 is 1.15 bits per heavy atom. The molecular formula is C23H22N2O6S2. The number of anilines is 2. The van der Waals surface area contributed by atoms with Crippen LogP contribution in [0.4, 0.5) is 11.5 Å². The second-order valence-corrected chi connectivity index (χ2v) is 8.77. The van der Waals surface area contributed by atoms with Gasteiger partial charge >= 0.3 is 5.97 Å². The summed E-state index contributed by atoms with van der Waals surface area (Å²) in [7, 11) is 2.96. The summed E-state index contributed by atoms with van der Waals surface area (Å²) in [6, 6.07) is 9.68. The lowest BCUT2D eigenvalue weighted by molar-refractivity contribution is 0.0696. The number of hydrogen-bond donors (Lipinski definition) is 2. The lowest BCUT2D eigenvalue weighted by atomic mass is 9.97. The Balaban J connectivity index is 1.97. The number of rotatable bonds is 7. The van der Waals surface area contributed by atoms with Crippen LogP contribution in [0.2, 0.25) is 0 Å². The molecule has 1 aromatic heterocycles. The summed E-state index contributed by atoms with van der Waals surface area (Å²) in [4.78, 5) is 15.6. The van der Waals surface area contributed by atoms with E-state index in [-0.39, 0.29) is 28.7 Å². The molecule has 0 spiro atoms. The molecule has 1 heterocycles. The number of carboxylic acids is 1. The Kier molecular flexibility index (Phi) is 7.71. The van der Waals surface area contributed by atoms with E-state index in [0.29, 0.717) is 5.01 Å².